The molecule has 4 aromatic rings. The van der Waals surface area contributed by atoms with Gasteiger partial charge in [-0.3, -0.25) is 14.0 Å². The van der Waals surface area contributed by atoms with Crippen molar-refractivity contribution in [1.82, 2.24) is 19.2 Å². The fraction of sp³-hybridized carbons (Fsp3) is 0.158. The highest BCUT2D eigenvalue weighted by atomic mass is 32.2. The molecule has 0 spiro atoms. The number of methoxy groups -OCH3 is 1. The van der Waals surface area contributed by atoms with Crippen LogP contribution < -0.4 is 5.56 Å². The Hall–Kier alpha value is -3.13. The summed E-state index contributed by atoms with van der Waals surface area (Å²) in [5, 5.41) is 9.09. The van der Waals surface area contributed by atoms with Gasteiger partial charge in [-0.1, -0.05) is 42.1 Å². The monoisotopic (exact) mass is 380 g/mol. The number of hydrogen-bond donors (Lipinski definition) is 0. The molecule has 0 radical (unpaired) electrons. The predicted octanol–water partition coefficient (Wildman–Crippen LogP) is 2.69. The van der Waals surface area contributed by atoms with E-state index < -0.39 is 5.25 Å². The van der Waals surface area contributed by atoms with E-state index in [4.69, 9.17) is 4.74 Å². The molecule has 0 saturated carbocycles. The highest BCUT2D eigenvalue weighted by Crippen LogP contribution is 2.26. The van der Waals surface area contributed by atoms with Gasteiger partial charge in [0.25, 0.3) is 5.56 Å². The summed E-state index contributed by atoms with van der Waals surface area (Å²) in [5.74, 6) is 0.0434. The number of benzene rings is 2. The van der Waals surface area contributed by atoms with Crippen LogP contribution in [0.4, 0.5) is 0 Å². The lowest BCUT2D eigenvalue weighted by Crippen LogP contribution is -2.22. The number of fused-ring (bicyclic) bond motifs is 3. The number of ether oxygens (including phenoxy) is 1. The zero-order valence-corrected chi connectivity index (χ0v) is 15.5. The van der Waals surface area contributed by atoms with Crippen molar-refractivity contribution < 1.29 is 9.53 Å². The second-order valence-electron chi connectivity index (χ2n) is 5.89. The number of rotatable bonds is 4. The number of carbonyl (C=O) groups is 1. The Morgan fingerprint density at radius 2 is 1.78 bits per heavy atom. The van der Waals surface area contributed by atoms with Gasteiger partial charge in [-0.15, -0.1) is 10.2 Å². The van der Waals surface area contributed by atoms with Gasteiger partial charge in [0.15, 0.2) is 5.16 Å². The van der Waals surface area contributed by atoms with Crippen molar-refractivity contribution >= 4 is 34.4 Å². The van der Waals surface area contributed by atoms with Crippen LogP contribution in [-0.4, -0.2) is 37.5 Å². The average molecular weight is 380 g/mol. The SMILES string of the molecule is COC(=O)C(C)Sc1nnc2n(-c3ccccc3)c(=O)c3ccccc3n12. The molecule has 1 unspecified atom stereocenters. The molecular formula is C19H16N4O3S. The van der Waals surface area contributed by atoms with Crippen LogP contribution in [0.2, 0.25) is 0 Å². The number of carbonyl (C=O) groups excluding carboxylic acids is 1. The average Bonchev–Trinajstić information content (AvgIpc) is 3.11. The molecule has 0 aliphatic rings. The fourth-order valence-electron chi connectivity index (χ4n) is 2.94. The first-order valence-corrected chi connectivity index (χ1v) is 9.18. The Morgan fingerprint density at radius 1 is 1.07 bits per heavy atom. The van der Waals surface area contributed by atoms with Crippen LogP contribution >= 0.6 is 11.8 Å². The first kappa shape index (κ1) is 17.3. The molecule has 2 heterocycles. The van der Waals surface area contributed by atoms with Crippen LogP contribution in [0.1, 0.15) is 6.92 Å². The van der Waals surface area contributed by atoms with Gasteiger partial charge in [0, 0.05) is 0 Å². The van der Waals surface area contributed by atoms with Crippen molar-refractivity contribution in [2.75, 3.05) is 7.11 Å². The van der Waals surface area contributed by atoms with Crippen LogP contribution in [0.15, 0.2) is 64.5 Å². The van der Waals surface area contributed by atoms with Crippen LogP contribution in [-0.2, 0) is 9.53 Å². The normalized spacial score (nSPS) is 12.4. The minimum absolute atomic E-state index is 0.172. The standard InChI is InChI=1S/C19H16N4O3S/c1-12(17(25)26-2)27-19-21-20-18-22(13-8-4-3-5-9-13)16(24)14-10-6-7-11-15(14)23(18)19/h3-12H,1-2H3. The molecule has 0 aliphatic heterocycles. The summed E-state index contributed by atoms with van der Waals surface area (Å²) in [6.07, 6.45) is 0. The summed E-state index contributed by atoms with van der Waals surface area (Å²) < 4.78 is 8.13. The summed E-state index contributed by atoms with van der Waals surface area (Å²) in [5.41, 5.74) is 1.21. The number of thioether (sulfide) groups is 1. The quantitative estimate of drug-likeness (QED) is 0.400. The van der Waals surface area contributed by atoms with Crippen molar-refractivity contribution in [2.45, 2.75) is 17.3 Å². The van der Waals surface area contributed by atoms with Gasteiger partial charge in [-0.05, 0) is 31.2 Å². The summed E-state index contributed by atoms with van der Waals surface area (Å²) in [7, 11) is 1.35. The molecule has 27 heavy (non-hydrogen) atoms. The van der Waals surface area contributed by atoms with Crippen molar-refractivity contribution in [3.63, 3.8) is 0 Å². The fourth-order valence-corrected chi connectivity index (χ4v) is 3.82. The lowest BCUT2D eigenvalue weighted by Gasteiger charge is -2.12. The summed E-state index contributed by atoms with van der Waals surface area (Å²) in [4.78, 5) is 25.0. The maximum atomic E-state index is 13.1. The molecule has 2 aromatic heterocycles. The van der Waals surface area contributed by atoms with E-state index in [0.717, 1.165) is 0 Å². The van der Waals surface area contributed by atoms with Gasteiger partial charge in [0.1, 0.15) is 5.25 Å². The minimum atomic E-state index is -0.460. The lowest BCUT2D eigenvalue weighted by atomic mass is 10.2. The second kappa shape index (κ2) is 6.88. The molecule has 2 aromatic carbocycles. The molecule has 0 fully saturated rings. The van der Waals surface area contributed by atoms with Crippen LogP contribution in [0.5, 0.6) is 0 Å². The largest absolute Gasteiger partial charge is 0.468 e. The Kier molecular flexibility index (Phi) is 4.41. The van der Waals surface area contributed by atoms with Crippen molar-refractivity contribution in [3.8, 4) is 5.69 Å². The molecule has 8 heteroatoms. The van der Waals surface area contributed by atoms with E-state index in [1.165, 1.54) is 23.4 Å². The van der Waals surface area contributed by atoms with Gasteiger partial charge in [0.2, 0.25) is 5.78 Å². The molecule has 4 rings (SSSR count). The van der Waals surface area contributed by atoms with E-state index in [-0.39, 0.29) is 11.5 Å². The molecule has 1 atom stereocenters. The number of hydrogen-bond acceptors (Lipinski definition) is 6. The Balaban J connectivity index is 2.04. The lowest BCUT2D eigenvalue weighted by molar-refractivity contribution is -0.139. The van der Waals surface area contributed by atoms with Crippen molar-refractivity contribution in [1.29, 1.82) is 0 Å². The van der Waals surface area contributed by atoms with E-state index in [2.05, 4.69) is 10.2 Å². The Morgan fingerprint density at radius 3 is 2.52 bits per heavy atom. The molecule has 0 aliphatic carbocycles. The van der Waals surface area contributed by atoms with E-state index in [1.54, 1.807) is 17.4 Å². The first-order valence-electron chi connectivity index (χ1n) is 8.30. The van der Waals surface area contributed by atoms with Gasteiger partial charge in [-0.25, -0.2) is 4.57 Å². The highest BCUT2D eigenvalue weighted by Gasteiger charge is 2.22. The second-order valence-corrected chi connectivity index (χ2v) is 7.20. The third kappa shape index (κ3) is 2.87. The topological polar surface area (TPSA) is 78.5 Å². The third-order valence-electron chi connectivity index (χ3n) is 4.22. The van der Waals surface area contributed by atoms with E-state index >= 15 is 0 Å². The first-order chi connectivity index (χ1) is 13.1. The summed E-state index contributed by atoms with van der Waals surface area (Å²) in [6.45, 7) is 1.74. The highest BCUT2D eigenvalue weighted by molar-refractivity contribution is 8.00. The molecule has 7 nitrogen and oxygen atoms in total. The van der Waals surface area contributed by atoms with Gasteiger partial charge in [0.05, 0.1) is 23.7 Å². The maximum Gasteiger partial charge on any atom is 0.318 e. The maximum absolute atomic E-state index is 13.1. The third-order valence-corrected chi connectivity index (χ3v) is 5.25. The number of nitrogens with zero attached hydrogens (tertiary/aromatic N) is 4. The van der Waals surface area contributed by atoms with E-state index in [1.807, 2.05) is 48.5 Å². The number of aromatic nitrogens is 4. The zero-order valence-electron chi connectivity index (χ0n) is 14.7. The zero-order chi connectivity index (χ0) is 19.0. The molecule has 0 amide bonds. The molecule has 136 valence electrons. The van der Waals surface area contributed by atoms with Crippen molar-refractivity contribution in [2.24, 2.45) is 0 Å². The molecule has 0 saturated heterocycles. The summed E-state index contributed by atoms with van der Waals surface area (Å²) in [6, 6.07) is 16.6. The number of esters is 1. The Bertz CT molecular complexity index is 1200. The van der Waals surface area contributed by atoms with Crippen molar-refractivity contribution in [3.05, 3.63) is 65.0 Å². The molecular weight excluding hydrogens is 364 g/mol. The van der Waals surface area contributed by atoms with Gasteiger partial charge in [-0.2, -0.15) is 0 Å². The van der Waals surface area contributed by atoms with E-state index in [0.29, 0.717) is 27.5 Å². The summed E-state index contributed by atoms with van der Waals surface area (Å²) >= 11 is 1.24. The molecule has 0 bridgehead atoms. The van der Waals surface area contributed by atoms with E-state index in [9.17, 15) is 9.59 Å². The smallest absolute Gasteiger partial charge is 0.318 e. The van der Waals surface area contributed by atoms with Crippen LogP contribution in [0.3, 0.4) is 0 Å². The minimum Gasteiger partial charge on any atom is -0.468 e. The van der Waals surface area contributed by atoms with Crippen LogP contribution in [0, 0.1) is 0 Å². The Labute approximate surface area is 158 Å². The molecule has 0 N–H and O–H groups in total. The predicted molar refractivity (Wildman–Crippen MR) is 103 cm³/mol. The van der Waals surface area contributed by atoms with Gasteiger partial charge < -0.3 is 4.74 Å². The van der Waals surface area contributed by atoms with Gasteiger partial charge >= 0.3 is 5.97 Å². The van der Waals surface area contributed by atoms with Crippen LogP contribution in [0.25, 0.3) is 22.4 Å². The number of para-hydroxylation sites is 2.